The van der Waals surface area contributed by atoms with Crippen LogP contribution in [0.3, 0.4) is 0 Å². The van der Waals surface area contributed by atoms with Crippen molar-refractivity contribution in [2.24, 2.45) is 0 Å². The fourth-order valence-electron chi connectivity index (χ4n) is 2.44. The molecule has 2 aromatic rings. The predicted molar refractivity (Wildman–Crippen MR) is 79.9 cm³/mol. The Morgan fingerprint density at radius 1 is 1.32 bits per heavy atom. The molecule has 1 aliphatic heterocycles. The molecule has 116 valence electrons. The zero-order chi connectivity index (χ0) is 15.4. The lowest BCUT2D eigenvalue weighted by Crippen LogP contribution is -2.37. The topological polar surface area (TPSA) is 77.2 Å². The molecule has 1 unspecified atom stereocenters. The van der Waals surface area contributed by atoms with Gasteiger partial charge < -0.3 is 14.6 Å². The number of nitrogens with one attached hydrogen (secondary N) is 1. The number of aryl methyl sites for hydroxylation is 1. The number of carbonyl (C=O) groups excluding carboxylic acids is 1. The number of ether oxygens (including phenoxy) is 1. The van der Waals surface area contributed by atoms with E-state index in [9.17, 15) is 4.79 Å². The highest BCUT2D eigenvalue weighted by Crippen LogP contribution is 2.17. The Hall–Kier alpha value is -2.21. The molecule has 1 saturated heterocycles. The van der Waals surface area contributed by atoms with Crippen LogP contribution in [-0.2, 0) is 16.1 Å². The van der Waals surface area contributed by atoms with Crippen molar-refractivity contribution in [1.82, 2.24) is 15.5 Å². The van der Waals surface area contributed by atoms with Crippen molar-refractivity contribution in [3.05, 3.63) is 35.7 Å². The van der Waals surface area contributed by atoms with Gasteiger partial charge in [0, 0.05) is 25.6 Å². The first-order valence-electron chi connectivity index (χ1n) is 7.51. The first kappa shape index (κ1) is 14.7. The van der Waals surface area contributed by atoms with E-state index in [1.807, 2.05) is 24.3 Å². The second kappa shape index (κ2) is 6.70. The first-order chi connectivity index (χ1) is 10.7. The number of amides is 1. The van der Waals surface area contributed by atoms with Crippen LogP contribution in [0, 0.1) is 6.92 Å². The third-order valence-corrected chi connectivity index (χ3v) is 3.68. The summed E-state index contributed by atoms with van der Waals surface area (Å²) < 4.78 is 10.4. The second-order valence-electron chi connectivity index (χ2n) is 5.41. The van der Waals surface area contributed by atoms with Crippen molar-refractivity contribution in [3.8, 4) is 11.4 Å². The van der Waals surface area contributed by atoms with Gasteiger partial charge in [-0.3, -0.25) is 4.79 Å². The van der Waals surface area contributed by atoms with Gasteiger partial charge >= 0.3 is 0 Å². The molecule has 0 spiro atoms. The summed E-state index contributed by atoms with van der Waals surface area (Å²) in [5, 5.41) is 6.80. The maximum Gasteiger partial charge on any atom is 0.249 e. The SMILES string of the molecule is Cc1nc(-c2ccc(CNC(=O)C3CCCCO3)cc2)no1. The molecule has 0 radical (unpaired) electrons. The number of hydrogen-bond acceptors (Lipinski definition) is 5. The zero-order valence-electron chi connectivity index (χ0n) is 12.5. The van der Waals surface area contributed by atoms with Crippen molar-refractivity contribution in [2.75, 3.05) is 6.61 Å². The van der Waals surface area contributed by atoms with E-state index in [1.54, 1.807) is 6.92 Å². The quantitative estimate of drug-likeness (QED) is 0.937. The van der Waals surface area contributed by atoms with E-state index in [-0.39, 0.29) is 12.0 Å². The van der Waals surface area contributed by atoms with Crippen LogP contribution < -0.4 is 5.32 Å². The summed E-state index contributed by atoms with van der Waals surface area (Å²) in [4.78, 5) is 16.2. The molecular formula is C16H19N3O3. The van der Waals surface area contributed by atoms with Crippen LogP contribution in [0.4, 0.5) is 0 Å². The Morgan fingerprint density at radius 2 is 2.14 bits per heavy atom. The van der Waals surface area contributed by atoms with Gasteiger partial charge in [-0.15, -0.1) is 0 Å². The Bertz CT molecular complexity index is 630. The third-order valence-electron chi connectivity index (χ3n) is 3.68. The number of aromatic nitrogens is 2. The summed E-state index contributed by atoms with van der Waals surface area (Å²) in [6.45, 7) is 2.93. The molecule has 22 heavy (non-hydrogen) atoms. The smallest absolute Gasteiger partial charge is 0.249 e. The molecule has 1 N–H and O–H groups in total. The molecule has 0 bridgehead atoms. The second-order valence-corrected chi connectivity index (χ2v) is 5.41. The van der Waals surface area contributed by atoms with Crippen LogP contribution in [0.2, 0.25) is 0 Å². The molecule has 1 atom stereocenters. The molecule has 1 amide bonds. The molecule has 1 aromatic carbocycles. The van der Waals surface area contributed by atoms with Crippen LogP contribution in [0.25, 0.3) is 11.4 Å². The number of carbonyl (C=O) groups is 1. The Balaban J connectivity index is 1.56. The van der Waals surface area contributed by atoms with Crippen molar-refractivity contribution in [2.45, 2.75) is 38.8 Å². The number of benzene rings is 1. The van der Waals surface area contributed by atoms with Gasteiger partial charge in [0.05, 0.1) is 0 Å². The van der Waals surface area contributed by atoms with E-state index in [2.05, 4.69) is 15.5 Å². The van der Waals surface area contributed by atoms with Crippen molar-refractivity contribution >= 4 is 5.91 Å². The highest BCUT2D eigenvalue weighted by atomic mass is 16.5. The highest BCUT2D eigenvalue weighted by molar-refractivity contribution is 5.80. The number of hydrogen-bond donors (Lipinski definition) is 1. The average molecular weight is 301 g/mol. The van der Waals surface area contributed by atoms with Gasteiger partial charge in [0.15, 0.2) is 0 Å². The summed E-state index contributed by atoms with van der Waals surface area (Å²) in [6, 6.07) is 7.73. The Morgan fingerprint density at radius 3 is 2.77 bits per heavy atom. The highest BCUT2D eigenvalue weighted by Gasteiger charge is 2.21. The van der Waals surface area contributed by atoms with Gasteiger partial charge in [-0.1, -0.05) is 29.4 Å². The maximum absolute atomic E-state index is 12.0. The normalized spacial score (nSPS) is 18.1. The van der Waals surface area contributed by atoms with E-state index in [1.165, 1.54) is 0 Å². The minimum Gasteiger partial charge on any atom is -0.368 e. The summed E-state index contributed by atoms with van der Waals surface area (Å²) in [5.41, 5.74) is 1.91. The van der Waals surface area contributed by atoms with Gasteiger partial charge in [0.1, 0.15) is 6.10 Å². The Kier molecular flexibility index (Phi) is 4.48. The molecule has 0 saturated carbocycles. The van der Waals surface area contributed by atoms with Gasteiger partial charge in [0.25, 0.3) is 0 Å². The zero-order valence-corrected chi connectivity index (χ0v) is 12.5. The van der Waals surface area contributed by atoms with Crippen molar-refractivity contribution < 1.29 is 14.1 Å². The fraction of sp³-hybridized carbons (Fsp3) is 0.438. The fourth-order valence-corrected chi connectivity index (χ4v) is 2.44. The molecule has 6 heteroatoms. The lowest BCUT2D eigenvalue weighted by Gasteiger charge is -2.21. The average Bonchev–Trinajstić information content (AvgIpc) is 3.00. The van der Waals surface area contributed by atoms with Gasteiger partial charge in [-0.25, -0.2) is 0 Å². The molecule has 1 aromatic heterocycles. The number of nitrogens with zero attached hydrogens (tertiary/aromatic N) is 2. The summed E-state index contributed by atoms with van der Waals surface area (Å²) in [6.07, 6.45) is 2.61. The van der Waals surface area contributed by atoms with Gasteiger partial charge in [0.2, 0.25) is 17.6 Å². The summed E-state index contributed by atoms with van der Waals surface area (Å²) >= 11 is 0. The van der Waals surface area contributed by atoms with Crippen LogP contribution in [-0.4, -0.2) is 28.8 Å². The van der Waals surface area contributed by atoms with Crippen LogP contribution >= 0.6 is 0 Å². The standard InChI is InChI=1S/C16H19N3O3/c1-11-18-15(19-22-11)13-7-5-12(6-8-13)10-17-16(20)14-4-2-3-9-21-14/h5-8,14H,2-4,9-10H2,1H3,(H,17,20). The van der Waals surface area contributed by atoms with Crippen LogP contribution in [0.5, 0.6) is 0 Å². The summed E-state index contributed by atoms with van der Waals surface area (Å²) in [7, 11) is 0. The van der Waals surface area contributed by atoms with Gasteiger partial charge in [-0.05, 0) is 24.8 Å². The molecule has 1 aliphatic rings. The van der Waals surface area contributed by atoms with Crippen molar-refractivity contribution in [3.63, 3.8) is 0 Å². The first-order valence-corrected chi connectivity index (χ1v) is 7.51. The molecule has 3 rings (SSSR count). The molecule has 6 nitrogen and oxygen atoms in total. The van der Waals surface area contributed by atoms with E-state index in [0.29, 0.717) is 24.9 Å². The minimum absolute atomic E-state index is 0.0300. The molecule has 1 fully saturated rings. The van der Waals surface area contributed by atoms with E-state index < -0.39 is 0 Å². The van der Waals surface area contributed by atoms with Crippen molar-refractivity contribution in [1.29, 1.82) is 0 Å². The van der Waals surface area contributed by atoms with Crippen LogP contribution in [0.15, 0.2) is 28.8 Å². The maximum atomic E-state index is 12.0. The van der Waals surface area contributed by atoms with E-state index >= 15 is 0 Å². The predicted octanol–water partition coefficient (Wildman–Crippen LogP) is 2.23. The Labute approximate surface area is 128 Å². The lowest BCUT2D eigenvalue weighted by molar-refractivity contribution is -0.135. The van der Waals surface area contributed by atoms with Gasteiger partial charge in [-0.2, -0.15) is 4.98 Å². The molecule has 0 aliphatic carbocycles. The lowest BCUT2D eigenvalue weighted by atomic mass is 10.1. The summed E-state index contributed by atoms with van der Waals surface area (Å²) in [5.74, 6) is 1.08. The molecule has 2 heterocycles. The van der Waals surface area contributed by atoms with E-state index in [4.69, 9.17) is 9.26 Å². The minimum atomic E-state index is -0.296. The van der Waals surface area contributed by atoms with Crippen LogP contribution in [0.1, 0.15) is 30.7 Å². The largest absolute Gasteiger partial charge is 0.368 e. The van der Waals surface area contributed by atoms with E-state index in [0.717, 1.165) is 30.4 Å². The molecular weight excluding hydrogens is 282 g/mol. The number of rotatable bonds is 4. The monoisotopic (exact) mass is 301 g/mol. The third kappa shape index (κ3) is 3.51.